The number of benzene rings is 1. The van der Waals surface area contributed by atoms with Crippen molar-refractivity contribution >= 4 is 5.91 Å². The molecule has 0 aliphatic rings. The van der Waals surface area contributed by atoms with Crippen LogP contribution in [0.5, 0.6) is 0 Å². The summed E-state index contributed by atoms with van der Waals surface area (Å²) in [5.74, 6) is -0.441. The first-order valence-corrected chi connectivity index (χ1v) is 9.42. The minimum absolute atomic E-state index is 0.0429. The Hall–Kier alpha value is -3.63. The average molecular weight is 416 g/mol. The Morgan fingerprint density at radius 1 is 1.17 bits per heavy atom. The van der Waals surface area contributed by atoms with Crippen LogP contribution in [-0.4, -0.2) is 48.4 Å². The van der Waals surface area contributed by atoms with Gasteiger partial charge in [0.1, 0.15) is 5.82 Å². The summed E-state index contributed by atoms with van der Waals surface area (Å²) >= 11 is 0. The van der Waals surface area contributed by atoms with Gasteiger partial charge in [-0.2, -0.15) is 14.8 Å². The summed E-state index contributed by atoms with van der Waals surface area (Å²) < 4.78 is 20.1. The molecule has 0 aliphatic carbocycles. The standard InChI is InChI=1S/C19H21FN6O4/c1-4-25(5-2)15(27)11-10-14-21-17(23-30-14)16-18(28)24(3)19(29)26(22-16)13-8-6-12(20)7-9-13/h6-9H,4-5,10-11H2,1-3H3. The first-order chi connectivity index (χ1) is 14.3. The smallest absolute Gasteiger partial charge is 0.343 e. The second-order valence-corrected chi connectivity index (χ2v) is 6.46. The van der Waals surface area contributed by atoms with Crippen LogP contribution in [0.3, 0.4) is 0 Å². The van der Waals surface area contributed by atoms with E-state index in [4.69, 9.17) is 4.52 Å². The zero-order chi connectivity index (χ0) is 21.8. The van der Waals surface area contributed by atoms with Crippen LogP contribution in [0.25, 0.3) is 17.2 Å². The number of hydrogen-bond acceptors (Lipinski definition) is 7. The second kappa shape index (κ2) is 8.80. The molecule has 30 heavy (non-hydrogen) atoms. The molecule has 0 radical (unpaired) electrons. The molecule has 0 atom stereocenters. The highest BCUT2D eigenvalue weighted by Gasteiger charge is 2.20. The number of aryl methyl sites for hydroxylation is 1. The Morgan fingerprint density at radius 3 is 2.47 bits per heavy atom. The largest absolute Gasteiger partial charge is 0.351 e. The highest BCUT2D eigenvalue weighted by molar-refractivity contribution is 5.76. The van der Waals surface area contributed by atoms with Gasteiger partial charge in [-0.1, -0.05) is 5.16 Å². The van der Waals surface area contributed by atoms with E-state index in [1.165, 1.54) is 31.3 Å². The Balaban J connectivity index is 1.91. The maximum absolute atomic E-state index is 13.2. The number of rotatable bonds is 7. The van der Waals surface area contributed by atoms with Gasteiger partial charge < -0.3 is 9.42 Å². The molecule has 3 aromatic rings. The number of halogens is 1. The molecule has 0 fully saturated rings. The van der Waals surface area contributed by atoms with Crippen molar-refractivity contribution in [1.82, 2.24) is 29.4 Å². The van der Waals surface area contributed by atoms with Crippen LogP contribution in [0.2, 0.25) is 0 Å². The fraction of sp³-hybridized carbons (Fsp3) is 0.368. The monoisotopic (exact) mass is 416 g/mol. The third-order valence-corrected chi connectivity index (χ3v) is 4.60. The van der Waals surface area contributed by atoms with Crippen molar-refractivity contribution in [3.8, 4) is 17.2 Å². The van der Waals surface area contributed by atoms with Crippen LogP contribution in [0, 0.1) is 5.82 Å². The summed E-state index contributed by atoms with van der Waals surface area (Å²) in [5, 5.41) is 7.82. The molecule has 1 aromatic carbocycles. The summed E-state index contributed by atoms with van der Waals surface area (Å²) in [6.07, 6.45) is 0.393. The molecule has 0 bridgehead atoms. The number of nitrogens with zero attached hydrogens (tertiary/aromatic N) is 6. The third kappa shape index (κ3) is 4.19. The molecule has 0 spiro atoms. The number of carbonyl (C=O) groups excluding carboxylic acids is 1. The van der Waals surface area contributed by atoms with Crippen LogP contribution < -0.4 is 11.2 Å². The average Bonchev–Trinajstić information content (AvgIpc) is 3.21. The molecule has 0 unspecified atom stereocenters. The van der Waals surface area contributed by atoms with E-state index in [-0.39, 0.29) is 41.8 Å². The lowest BCUT2D eigenvalue weighted by Crippen LogP contribution is -2.40. The van der Waals surface area contributed by atoms with Crippen molar-refractivity contribution in [2.24, 2.45) is 7.05 Å². The van der Waals surface area contributed by atoms with Crippen molar-refractivity contribution in [3.63, 3.8) is 0 Å². The Bertz CT molecular complexity index is 1160. The van der Waals surface area contributed by atoms with Crippen LogP contribution in [0.15, 0.2) is 38.4 Å². The van der Waals surface area contributed by atoms with E-state index in [9.17, 15) is 18.8 Å². The van der Waals surface area contributed by atoms with Crippen molar-refractivity contribution in [3.05, 3.63) is 56.8 Å². The summed E-state index contributed by atoms with van der Waals surface area (Å²) in [4.78, 5) is 42.9. The van der Waals surface area contributed by atoms with E-state index in [1.807, 2.05) is 13.8 Å². The van der Waals surface area contributed by atoms with Crippen LogP contribution >= 0.6 is 0 Å². The summed E-state index contributed by atoms with van der Waals surface area (Å²) in [6.45, 7) is 5.00. The predicted molar refractivity (Wildman–Crippen MR) is 105 cm³/mol. The molecule has 11 heteroatoms. The van der Waals surface area contributed by atoms with E-state index >= 15 is 0 Å². The van der Waals surface area contributed by atoms with Gasteiger partial charge >= 0.3 is 5.69 Å². The molecule has 3 rings (SSSR count). The molecule has 0 saturated heterocycles. The van der Waals surface area contributed by atoms with Gasteiger partial charge in [-0.25, -0.2) is 9.18 Å². The number of aromatic nitrogens is 5. The van der Waals surface area contributed by atoms with Gasteiger partial charge in [0, 0.05) is 33.0 Å². The molecule has 10 nitrogen and oxygen atoms in total. The van der Waals surface area contributed by atoms with Crippen molar-refractivity contribution < 1.29 is 13.7 Å². The molecule has 0 aliphatic heterocycles. The lowest BCUT2D eigenvalue weighted by Gasteiger charge is -2.17. The minimum Gasteiger partial charge on any atom is -0.343 e. The SMILES string of the molecule is CCN(CC)C(=O)CCc1nc(-c2nn(-c3ccc(F)cc3)c(=O)n(C)c2=O)no1. The predicted octanol–water partition coefficient (Wildman–Crippen LogP) is 0.921. The molecule has 0 saturated carbocycles. The molecular weight excluding hydrogens is 395 g/mol. The van der Waals surface area contributed by atoms with Crippen molar-refractivity contribution in [2.45, 2.75) is 26.7 Å². The van der Waals surface area contributed by atoms with E-state index < -0.39 is 17.1 Å². The van der Waals surface area contributed by atoms with Gasteiger partial charge in [0.05, 0.1) is 5.69 Å². The van der Waals surface area contributed by atoms with Crippen LogP contribution in [0.1, 0.15) is 26.2 Å². The lowest BCUT2D eigenvalue weighted by molar-refractivity contribution is -0.130. The number of hydrogen-bond donors (Lipinski definition) is 0. The normalized spacial score (nSPS) is 10.9. The number of amides is 1. The zero-order valence-electron chi connectivity index (χ0n) is 16.8. The fourth-order valence-corrected chi connectivity index (χ4v) is 2.87. The summed E-state index contributed by atoms with van der Waals surface area (Å²) in [6, 6.07) is 5.07. The minimum atomic E-state index is -0.705. The van der Waals surface area contributed by atoms with Gasteiger partial charge in [-0.05, 0) is 38.1 Å². The molecule has 2 aromatic heterocycles. The van der Waals surface area contributed by atoms with Gasteiger partial charge in [-0.3, -0.25) is 14.2 Å². The topological polar surface area (TPSA) is 116 Å². The maximum atomic E-state index is 13.2. The molecule has 1 amide bonds. The number of carbonyl (C=O) groups is 1. The van der Waals surface area contributed by atoms with Gasteiger partial charge in [0.15, 0.2) is 5.69 Å². The van der Waals surface area contributed by atoms with Crippen LogP contribution in [0.4, 0.5) is 4.39 Å². The second-order valence-electron chi connectivity index (χ2n) is 6.46. The quantitative estimate of drug-likeness (QED) is 0.562. The van der Waals surface area contributed by atoms with E-state index in [2.05, 4.69) is 15.2 Å². The zero-order valence-corrected chi connectivity index (χ0v) is 16.8. The van der Waals surface area contributed by atoms with E-state index in [0.717, 1.165) is 9.25 Å². The van der Waals surface area contributed by atoms with Crippen molar-refractivity contribution in [2.75, 3.05) is 13.1 Å². The Kier molecular flexibility index (Phi) is 6.19. The van der Waals surface area contributed by atoms with E-state index in [1.54, 1.807) is 4.90 Å². The van der Waals surface area contributed by atoms with E-state index in [0.29, 0.717) is 13.1 Å². The Morgan fingerprint density at radius 2 is 1.83 bits per heavy atom. The Labute approximate surface area is 170 Å². The highest BCUT2D eigenvalue weighted by atomic mass is 19.1. The summed E-state index contributed by atoms with van der Waals surface area (Å²) in [7, 11) is 1.29. The molecule has 0 N–H and O–H groups in total. The van der Waals surface area contributed by atoms with Crippen molar-refractivity contribution in [1.29, 1.82) is 0 Å². The van der Waals surface area contributed by atoms with Gasteiger partial charge in [0.2, 0.25) is 17.6 Å². The lowest BCUT2D eigenvalue weighted by atomic mass is 10.2. The van der Waals surface area contributed by atoms with Gasteiger partial charge in [-0.15, -0.1) is 0 Å². The maximum Gasteiger partial charge on any atom is 0.351 e. The van der Waals surface area contributed by atoms with Crippen LogP contribution in [-0.2, 0) is 18.3 Å². The van der Waals surface area contributed by atoms with Gasteiger partial charge in [0.25, 0.3) is 5.56 Å². The third-order valence-electron chi connectivity index (χ3n) is 4.60. The first kappa shape index (κ1) is 21.1. The molecular formula is C19H21FN6O4. The first-order valence-electron chi connectivity index (χ1n) is 9.42. The molecule has 158 valence electrons. The summed E-state index contributed by atoms with van der Waals surface area (Å²) in [5.41, 5.74) is -1.34. The highest BCUT2D eigenvalue weighted by Crippen LogP contribution is 2.12. The fourth-order valence-electron chi connectivity index (χ4n) is 2.87. The molecule has 2 heterocycles.